The molecule has 0 aliphatic carbocycles. The van der Waals surface area contributed by atoms with Crippen LogP contribution in [0.4, 0.5) is 0 Å². The molecule has 0 unspecified atom stereocenters. The van der Waals surface area contributed by atoms with Gasteiger partial charge in [-0.1, -0.05) is 12.1 Å². The van der Waals surface area contributed by atoms with Gasteiger partial charge in [-0.3, -0.25) is 4.79 Å². The number of furan rings is 1. The Morgan fingerprint density at radius 1 is 1.15 bits per heavy atom. The van der Waals surface area contributed by atoms with Crippen molar-refractivity contribution in [1.29, 1.82) is 0 Å². The van der Waals surface area contributed by atoms with Crippen LogP contribution in [0.25, 0.3) is 0 Å². The Balaban J connectivity index is 1.50. The second-order valence-corrected chi connectivity index (χ2v) is 8.69. The van der Waals surface area contributed by atoms with E-state index in [1.165, 1.54) is 13.4 Å². The molecule has 1 amide bonds. The molecule has 8 heteroatoms. The van der Waals surface area contributed by atoms with E-state index in [1.807, 2.05) is 6.07 Å². The highest BCUT2D eigenvalue weighted by Crippen LogP contribution is 2.26. The Hall–Kier alpha value is -2.48. The summed E-state index contributed by atoms with van der Waals surface area (Å²) in [7, 11) is -1.76. The third kappa shape index (κ3) is 4.82. The van der Waals surface area contributed by atoms with Crippen LogP contribution in [0.15, 0.2) is 47.1 Å². The summed E-state index contributed by atoms with van der Waals surface area (Å²) in [4.78, 5) is 14.0. The Bertz CT molecular complexity index is 854. The fraction of sp³-hybridized carbons (Fsp3) is 0.421. The maximum absolute atomic E-state index is 12.5. The SMILES string of the molecule is COc1ccccc1OCC(=O)N1CCC(S(=O)(=O)Cc2ccco2)CC1. The Morgan fingerprint density at radius 3 is 2.48 bits per heavy atom. The van der Waals surface area contributed by atoms with Crippen LogP contribution in [0.5, 0.6) is 11.5 Å². The largest absolute Gasteiger partial charge is 0.493 e. The predicted molar refractivity (Wildman–Crippen MR) is 99.4 cm³/mol. The molecule has 1 aromatic carbocycles. The molecule has 0 spiro atoms. The van der Waals surface area contributed by atoms with Crippen molar-refractivity contribution in [2.75, 3.05) is 26.8 Å². The number of ether oxygens (including phenoxy) is 2. The summed E-state index contributed by atoms with van der Waals surface area (Å²) < 4.78 is 40.9. The lowest BCUT2D eigenvalue weighted by Crippen LogP contribution is -2.44. The number of piperidine rings is 1. The number of carbonyl (C=O) groups is 1. The second kappa shape index (κ2) is 8.47. The highest BCUT2D eigenvalue weighted by Gasteiger charge is 2.32. The van der Waals surface area contributed by atoms with Gasteiger partial charge in [-0.25, -0.2) is 8.42 Å². The first-order chi connectivity index (χ1) is 13.0. The van der Waals surface area contributed by atoms with Gasteiger partial charge in [0.1, 0.15) is 11.5 Å². The van der Waals surface area contributed by atoms with Gasteiger partial charge in [-0.15, -0.1) is 0 Å². The van der Waals surface area contributed by atoms with Crippen LogP contribution in [0.1, 0.15) is 18.6 Å². The third-order valence-electron chi connectivity index (χ3n) is 4.65. The van der Waals surface area contributed by atoms with Gasteiger partial charge in [-0.2, -0.15) is 0 Å². The minimum Gasteiger partial charge on any atom is -0.493 e. The minimum absolute atomic E-state index is 0.102. The van der Waals surface area contributed by atoms with Crippen molar-refractivity contribution >= 4 is 15.7 Å². The van der Waals surface area contributed by atoms with E-state index in [4.69, 9.17) is 13.9 Å². The van der Waals surface area contributed by atoms with Crippen LogP contribution in [0.3, 0.4) is 0 Å². The van der Waals surface area contributed by atoms with E-state index in [0.29, 0.717) is 43.2 Å². The summed E-state index contributed by atoms with van der Waals surface area (Å²) in [5, 5.41) is -0.457. The first-order valence-electron chi connectivity index (χ1n) is 8.77. The molecule has 0 atom stereocenters. The normalized spacial score (nSPS) is 15.5. The van der Waals surface area contributed by atoms with Crippen LogP contribution < -0.4 is 9.47 Å². The van der Waals surface area contributed by atoms with E-state index >= 15 is 0 Å². The molecule has 0 saturated carbocycles. The standard InChI is InChI=1S/C19H23NO6S/c1-24-17-6-2-3-7-18(17)26-13-19(21)20-10-8-16(9-11-20)27(22,23)14-15-5-4-12-25-15/h2-7,12,16H,8-11,13-14H2,1H3. The van der Waals surface area contributed by atoms with Gasteiger partial charge < -0.3 is 18.8 Å². The van der Waals surface area contributed by atoms with Gasteiger partial charge in [0.05, 0.1) is 18.6 Å². The molecule has 0 N–H and O–H groups in total. The minimum atomic E-state index is -3.30. The van der Waals surface area contributed by atoms with Crippen molar-refractivity contribution < 1.29 is 27.1 Å². The molecule has 1 aliphatic rings. The molecule has 0 bridgehead atoms. The van der Waals surface area contributed by atoms with Gasteiger partial charge >= 0.3 is 0 Å². The maximum Gasteiger partial charge on any atom is 0.260 e. The lowest BCUT2D eigenvalue weighted by atomic mass is 10.1. The van der Waals surface area contributed by atoms with E-state index in [2.05, 4.69) is 0 Å². The molecule has 146 valence electrons. The molecule has 1 aromatic heterocycles. The van der Waals surface area contributed by atoms with Gasteiger partial charge in [0.15, 0.2) is 27.9 Å². The topological polar surface area (TPSA) is 86.0 Å². The number of likely N-dealkylation sites (tertiary alicyclic amines) is 1. The highest BCUT2D eigenvalue weighted by atomic mass is 32.2. The van der Waals surface area contributed by atoms with E-state index in [-0.39, 0.29) is 18.3 Å². The Kier molecular flexibility index (Phi) is 6.05. The number of carbonyl (C=O) groups excluding carboxylic acids is 1. The molecule has 1 fully saturated rings. The molecule has 0 radical (unpaired) electrons. The molecule has 27 heavy (non-hydrogen) atoms. The van der Waals surface area contributed by atoms with Gasteiger partial charge in [0.25, 0.3) is 5.91 Å². The number of nitrogens with zero attached hydrogens (tertiary/aromatic N) is 1. The average Bonchev–Trinajstić information content (AvgIpc) is 3.18. The summed E-state index contributed by atoms with van der Waals surface area (Å²) in [6, 6.07) is 10.5. The smallest absolute Gasteiger partial charge is 0.260 e. The molecule has 1 saturated heterocycles. The fourth-order valence-corrected chi connectivity index (χ4v) is 4.87. The van der Waals surface area contributed by atoms with Crippen molar-refractivity contribution in [3.05, 3.63) is 48.4 Å². The molecular formula is C19H23NO6S. The number of rotatable bonds is 7. The van der Waals surface area contributed by atoms with Crippen molar-refractivity contribution in [3.63, 3.8) is 0 Å². The van der Waals surface area contributed by atoms with Crippen molar-refractivity contribution in [2.45, 2.75) is 23.8 Å². The first kappa shape index (κ1) is 19.3. The van der Waals surface area contributed by atoms with Crippen molar-refractivity contribution in [3.8, 4) is 11.5 Å². The summed E-state index contributed by atoms with van der Waals surface area (Å²) in [5.74, 6) is 1.24. The third-order valence-corrected chi connectivity index (χ3v) is 6.82. The fourth-order valence-electron chi connectivity index (χ4n) is 3.14. The number of benzene rings is 1. The van der Waals surface area contributed by atoms with Crippen molar-refractivity contribution in [1.82, 2.24) is 4.90 Å². The number of amides is 1. The van der Waals surface area contributed by atoms with E-state index in [9.17, 15) is 13.2 Å². The zero-order valence-electron chi connectivity index (χ0n) is 15.2. The first-order valence-corrected chi connectivity index (χ1v) is 10.5. The number of hydrogen-bond donors (Lipinski definition) is 0. The van der Waals surface area contributed by atoms with Crippen LogP contribution in [0.2, 0.25) is 0 Å². The van der Waals surface area contributed by atoms with E-state index in [1.54, 1.807) is 35.2 Å². The lowest BCUT2D eigenvalue weighted by molar-refractivity contribution is -0.134. The quantitative estimate of drug-likeness (QED) is 0.717. The second-order valence-electron chi connectivity index (χ2n) is 6.41. The van der Waals surface area contributed by atoms with E-state index in [0.717, 1.165) is 0 Å². The van der Waals surface area contributed by atoms with Crippen LogP contribution >= 0.6 is 0 Å². The predicted octanol–water partition coefficient (Wildman–Crippen LogP) is 2.27. The molecule has 3 rings (SSSR count). The zero-order chi connectivity index (χ0) is 19.3. The summed E-state index contributed by atoms with van der Waals surface area (Å²) >= 11 is 0. The molecule has 2 heterocycles. The summed E-state index contributed by atoms with van der Waals surface area (Å²) in [6.45, 7) is 0.691. The Morgan fingerprint density at radius 2 is 1.85 bits per heavy atom. The summed E-state index contributed by atoms with van der Waals surface area (Å²) in [6.07, 6.45) is 2.31. The monoisotopic (exact) mass is 393 g/mol. The van der Waals surface area contributed by atoms with Crippen molar-refractivity contribution in [2.24, 2.45) is 0 Å². The average molecular weight is 393 g/mol. The number of para-hydroxylation sites is 2. The van der Waals surface area contributed by atoms with Gasteiger partial charge in [0.2, 0.25) is 0 Å². The molecule has 1 aliphatic heterocycles. The van der Waals surface area contributed by atoms with Crippen LogP contribution in [-0.2, 0) is 20.4 Å². The lowest BCUT2D eigenvalue weighted by Gasteiger charge is -2.31. The maximum atomic E-state index is 12.5. The summed E-state index contributed by atoms with van der Waals surface area (Å²) in [5.41, 5.74) is 0. The zero-order valence-corrected chi connectivity index (χ0v) is 16.0. The number of hydrogen-bond acceptors (Lipinski definition) is 6. The Labute approximate surface area is 158 Å². The number of sulfone groups is 1. The number of methoxy groups -OCH3 is 1. The van der Waals surface area contributed by atoms with Crippen LogP contribution in [0, 0.1) is 0 Å². The molecular weight excluding hydrogens is 370 g/mol. The van der Waals surface area contributed by atoms with Gasteiger partial charge in [0, 0.05) is 13.1 Å². The van der Waals surface area contributed by atoms with E-state index < -0.39 is 15.1 Å². The van der Waals surface area contributed by atoms with Gasteiger partial charge in [-0.05, 0) is 37.1 Å². The highest BCUT2D eigenvalue weighted by molar-refractivity contribution is 7.91. The molecule has 7 nitrogen and oxygen atoms in total. The van der Waals surface area contributed by atoms with Crippen LogP contribution in [-0.4, -0.2) is 51.3 Å². The molecule has 2 aromatic rings.